The lowest BCUT2D eigenvalue weighted by molar-refractivity contribution is 0.0600. The Bertz CT molecular complexity index is 309. The number of hydrogen-bond donors (Lipinski definition) is 0. The summed E-state index contributed by atoms with van der Waals surface area (Å²) in [4.78, 5) is 10.9. The van der Waals surface area contributed by atoms with E-state index in [4.69, 9.17) is 11.6 Å². The van der Waals surface area contributed by atoms with Gasteiger partial charge in [0, 0.05) is 0 Å². The largest absolute Gasteiger partial charge is 0.465 e. The third-order valence-corrected chi connectivity index (χ3v) is 1.65. The Hall–Kier alpha value is -1.22. The van der Waals surface area contributed by atoms with E-state index in [0.29, 0.717) is 0 Å². The van der Waals surface area contributed by atoms with Crippen molar-refractivity contribution in [1.82, 2.24) is 0 Å². The maximum absolute atomic E-state index is 10.9. The van der Waals surface area contributed by atoms with Crippen LogP contribution in [0.3, 0.4) is 0 Å². The summed E-state index contributed by atoms with van der Waals surface area (Å²) in [6, 6.07) is 3.89. The smallest absolute Gasteiger partial charge is 0.337 e. The van der Waals surface area contributed by atoms with Gasteiger partial charge < -0.3 is 4.74 Å². The number of carbonyl (C=O) groups excluding carboxylic acids is 1. The molecular formula is C8H6ClO3. The van der Waals surface area contributed by atoms with Crippen molar-refractivity contribution in [3.05, 3.63) is 28.8 Å². The minimum Gasteiger partial charge on any atom is -0.465 e. The van der Waals surface area contributed by atoms with Crippen molar-refractivity contribution in [1.29, 1.82) is 0 Å². The zero-order valence-corrected chi connectivity index (χ0v) is 7.09. The maximum Gasteiger partial charge on any atom is 0.337 e. The van der Waals surface area contributed by atoms with Crippen LogP contribution >= 0.6 is 11.6 Å². The highest BCUT2D eigenvalue weighted by Crippen LogP contribution is 2.24. The number of methoxy groups -OCH3 is 1. The molecule has 0 bridgehead atoms. The van der Waals surface area contributed by atoms with Crippen molar-refractivity contribution in [3.8, 4) is 5.75 Å². The molecule has 0 spiro atoms. The first-order valence-electron chi connectivity index (χ1n) is 3.20. The van der Waals surface area contributed by atoms with Crippen LogP contribution in [0, 0.1) is 0 Å². The monoisotopic (exact) mass is 185 g/mol. The van der Waals surface area contributed by atoms with Crippen LogP contribution in [-0.4, -0.2) is 13.1 Å². The van der Waals surface area contributed by atoms with Crippen molar-refractivity contribution in [3.63, 3.8) is 0 Å². The van der Waals surface area contributed by atoms with Crippen LogP contribution in [0.2, 0.25) is 5.02 Å². The lowest BCUT2D eigenvalue weighted by Gasteiger charge is -1.98. The fourth-order valence-electron chi connectivity index (χ4n) is 0.746. The van der Waals surface area contributed by atoms with Crippen LogP contribution < -0.4 is 0 Å². The summed E-state index contributed by atoms with van der Waals surface area (Å²) in [5.41, 5.74) is 0.280. The van der Waals surface area contributed by atoms with E-state index in [2.05, 4.69) is 4.74 Å². The Labute approximate surface area is 74.5 Å². The number of carbonyl (C=O) groups is 1. The molecular weight excluding hydrogens is 180 g/mol. The highest BCUT2D eigenvalue weighted by atomic mass is 35.5. The highest BCUT2D eigenvalue weighted by Gasteiger charge is 2.08. The predicted octanol–water partition coefficient (Wildman–Crippen LogP) is 2.27. The van der Waals surface area contributed by atoms with Gasteiger partial charge >= 0.3 is 5.97 Å². The molecule has 1 rings (SSSR count). The van der Waals surface area contributed by atoms with Gasteiger partial charge in [0.1, 0.15) is 0 Å². The van der Waals surface area contributed by atoms with Crippen LogP contribution in [0.15, 0.2) is 18.2 Å². The molecule has 3 nitrogen and oxygen atoms in total. The van der Waals surface area contributed by atoms with Gasteiger partial charge in [0.2, 0.25) is 0 Å². The quantitative estimate of drug-likeness (QED) is 0.630. The van der Waals surface area contributed by atoms with Crippen LogP contribution in [0.1, 0.15) is 10.4 Å². The average molecular weight is 186 g/mol. The average Bonchev–Trinajstić information content (AvgIpc) is 2.08. The lowest BCUT2D eigenvalue weighted by Crippen LogP contribution is -2.00. The van der Waals surface area contributed by atoms with Gasteiger partial charge in [-0.15, -0.1) is 0 Å². The lowest BCUT2D eigenvalue weighted by atomic mass is 10.2. The molecule has 1 aromatic rings. The van der Waals surface area contributed by atoms with E-state index in [-0.39, 0.29) is 16.3 Å². The summed E-state index contributed by atoms with van der Waals surface area (Å²) in [6.45, 7) is 0. The van der Waals surface area contributed by atoms with Gasteiger partial charge in [-0.3, -0.25) is 5.11 Å². The van der Waals surface area contributed by atoms with E-state index in [1.165, 1.54) is 25.3 Å². The third-order valence-electron chi connectivity index (χ3n) is 1.35. The van der Waals surface area contributed by atoms with Gasteiger partial charge in [-0.05, 0) is 18.2 Å². The maximum atomic E-state index is 10.9. The van der Waals surface area contributed by atoms with E-state index in [1.54, 1.807) is 0 Å². The minimum absolute atomic E-state index is 0.0258. The molecule has 0 aliphatic heterocycles. The molecule has 0 aromatic heterocycles. The summed E-state index contributed by atoms with van der Waals surface area (Å²) in [6.07, 6.45) is 0. The standard InChI is InChI=1S/C8H6ClO3/c1-12-8(11)5-2-3-7(10)6(9)4-5/h2-4H,1H3. The molecule has 1 aromatic carbocycles. The first-order valence-corrected chi connectivity index (χ1v) is 3.58. The highest BCUT2D eigenvalue weighted by molar-refractivity contribution is 6.32. The summed E-state index contributed by atoms with van der Waals surface area (Å²) in [7, 11) is 1.27. The van der Waals surface area contributed by atoms with Crippen LogP contribution in [0.25, 0.3) is 0 Å². The summed E-state index contributed by atoms with van der Waals surface area (Å²) in [5, 5.41) is 10.8. The van der Waals surface area contributed by atoms with E-state index in [0.717, 1.165) is 0 Å². The normalized spacial score (nSPS) is 9.50. The second-order valence-electron chi connectivity index (χ2n) is 2.14. The van der Waals surface area contributed by atoms with Crippen molar-refractivity contribution in [2.24, 2.45) is 0 Å². The Morgan fingerprint density at radius 2 is 2.17 bits per heavy atom. The third kappa shape index (κ3) is 1.68. The molecule has 4 heteroatoms. The van der Waals surface area contributed by atoms with E-state index < -0.39 is 5.97 Å². The van der Waals surface area contributed by atoms with Crippen LogP contribution in [0.5, 0.6) is 5.75 Å². The molecule has 0 amide bonds. The number of halogens is 1. The molecule has 0 fully saturated rings. The number of esters is 1. The second kappa shape index (κ2) is 3.45. The molecule has 0 N–H and O–H groups in total. The number of rotatable bonds is 1. The summed E-state index contributed by atoms with van der Waals surface area (Å²) >= 11 is 5.49. The van der Waals surface area contributed by atoms with Gasteiger partial charge in [-0.25, -0.2) is 4.79 Å². The zero-order chi connectivity index (χ0) is 9.14. The SMILES string of the molecule is COC(=O)c1ccc([O])c(Cl)c1. The molecule has 0 unspecified atom stereocenters. The van der Waals surface area contributed by atoms with Gasteiger partial charge in [-0.1, -0.05) is 11.6 Å². The second-order valence-corrected chi connectivity index (χ2v) is 2.54. The topological polar surface area (TPSA) is 46.2 Å². The van der Waals surface area contributed by atoms with Crippen molar-refractivity contribution in [2.75, 3.05) is 7.11 Å². The number of ether oxygens (including phenoxy) is 1. The van der Waals surface area contributed by atoms with Gasteiger partial charge in [0.15, 0.2) is 5.75 Å². The van der Waals surface area contributed by atoms with Crippen molar-refractivity contribution in [2.45, 2.75) is 0 Å². The van der Waals surface area contributed by atoms with E-state index in [1.807, 2.05) is 0 Å². The van der Waals surface area contributed by atoms with Gasteiger partial charge in [-0.2, -0.15) is 0 Å². The molecule has 1 radical (unpaired) electrons. The Morgan fingerprint density at radius 1 is 1.50 bits per heavy atom. The Kier molecular flexibility index (Phi) is 2.55. The minimum atomic E-state index is -0.503. The molecule has 0 saturated heterocycles. The number of benzene rings is 1. The van der Waals surface area contributed by atoms with E-state index >= 15 is 0 Å². The molecule has 0 heterocycles. The van der Waals surface area contributed by atoms with E-state index in [9.17, 15) is 9.90 Å². The zero-order valence-electron chi connectivity index (χ0n) is 6.33. The number of hydrogen-bond acceptors (Lipinski definition) is 2. The molecule has 0 atom stereocenters. The molecule has 0 saturated carbocycles. The Balaban J connectivity index is 3.05. The first-order chi connectivity index (χ1) is 5.65. The molecule has 12 heavy (non-hydrogen) atoms. The van der Waals surface area contributed by atoms with Crippen LogP contribution in [0.4, 0.5) is 0 Å². The molecule has 0 aliphatic rings. The molecule has 63 valence electrons. The summed E-state index contributed by atoms with van der Waals surface area (Å²) in [5.74, 6) is -0.804. The molecule has 0 aliphatic carbocycles. The fraction of sp³-hybridized carbons (Fsp3) is 0.125. The summed E-state index contributed by atoms with van der Waals surface area (Å²) < 4.78 is 4.43. The van der Waals surface area contributed by atoms with Crippen LogP contribution in [-0.2, 0) is 9.84 Å². The first kappa shape index (κ1) is 8.87. The van der Waals surface area contributed by atoms with Gasteiger partial charge in [0.25, 0.3) is 0 Å². The fourth-order valence-corrected chi connectivity index (χ4v) is 0.926. The van der Waals surface area contributed by atoms with Crippen molar-refractivity contribution < 1.29 is 14.6 Å². The van der Waals surface area contributed by atoms with Gasteiger partial charge in [0.05, 0.1) is 17.7 Å². The van der Waals surface area contributed by atoms with Crippen molar-refractivity contribution >= 4 is 17.6 Å². The Morgan fingerprint density at radius 3 is 2.67 bits per heavy atom. The predicted molar refractivity (Wildman–Crippen MR) is 42.9 cm³/mol.